The summed E-state index contributed by atoms with van der Waals surface area (Å²) >= 11 is 0. The van der Waals surface area contributed by atoms with Crippen LogP contribution in [0.1, 0.15) is 33.1 Å². The Kier molecular flexibility index (Phi) is 12.6. The lowest BCUT2D eigenvalue weighted by atomic mass is 10.2. The molecule has 0 heterocycles. The van der Waals surface area contributed by atoms with E-state index < -0.39 is 0 Å². The first kappa shape index (κ1) is 17.0. The van der Waals surface area contributed by atoms with Crippen LogP contribution >= 0.6 is 0 Å². The van der Waals surface area contributed by atoms with E-state index in [0.717, 1.165) is 19.3 Å². The SMILES string of the molecule is C/C=C/C=C/C#C/C=C/C=C/CCCCOC(C)=O. The predicted octanol–water partition coefficient (Wildman–Crippen LogP) is 3.97. The van der Waals surface area contributed by atoms with Crippen LogP contribution in [0.2, 0.25) is 0 Å². The van der Waals surface area contributed by atoms with Crippen molar-refractivity contribution in [3.05, 3.63) is 48.6 Å². The van der Waals surface area contributed by atoms with Crippen LogP contribution in [0.5, 0.6) is 0 Å². The molecular formula is C17H22O2. The summed E-state index contributed by atoms with van der Waals surface area (Å²) in [5.41, 5.74) is 0. The smallest absolute Gasteiger partial charge is 0.302 e. The highest BCUT2D eigenvalue weighted by Gasteiger charge is 1.90. The van der Waals surface area contributed by atoms with Gasteiger partial charge in [-0.3, -0.25) is 4.79 Å². The fourth-order valence-electron chi connectivity index (χ4n) is 1.17. The van der Waals surface area contributed by atoms with Crippen molar-refractivity contribution in [2.24, 2.45) is 0 Å². The van der Waals surface area contributed by atoms with Crippen LogP contribution in [0, 0.1) is 11.8 Å². The molecule has 0 aliphatic rings. The van der Waals surface area contributed by atoms with E-state index in [1.54, 1.807) is 0 Å². The monoisotopic (exact) mass is 258 g/mol. The highest BCUT2D eigenvalue weighted by Crippen LogP contribution is 1.97. The van der Waals surface area contributed by atoms with Gasteiger partial charge in [0, 0.05) is 6.92 Å². The quantitative estimate of drug-likeness (QED) is 0.299. The molecule has 0 radical (unpaired) electrons. The van der Waals surface area contributed by atoms with E-state index >= 15 is 0 Å². The molecule has 0 fully saturated rings. The number of unbranched alkanes of at least 4 members (excludes halogenated alkanes) is 2. The van der Waals surface area contributed by atoms with Gasteiger partial charge >= 0.3 is 5.97 Å². The summed E-state index contributed by atoms with van der Waals surface area (Å²) in [7, 11) is 0. The summed E-state index contributed by atoms with van der Waals surface area (Å²) in [4.78, 5) is 10.5. The maximum atomic E-state index is 10.5. The van der Waals surface area contributed by atoms with Crippen molar-refractivity contribution in [3.8, 4) is 11.8 Å². The number of rotatable bonds is 7. The second kappa shape index (κ2) is 14.1. The number of carbonyl (C=O) groups excluding carboxylic acids is 1. The molecule has 0 aliphatic heterocycles. The van der Waals surface area contributed by atoms with Crippen LogP contribution < -0.4 is 0 Å². The molecule has 0 aliphatic carbocycles. The van der Waals surface area contributed by atoms with Gasteiger partial charge in [-0.2, -0.15) is 0 Å². The third-order valence-electron chi connectivity index (χ3n) is 2.06. The minimum Gasteiger partial charge on any atom is -0.466 e. The van der Waals surface area contributed by atoms with Gasteiger partial charge < -0.3 is 4.74 Å². The molecule has 0 saturated heterocycles. The van der Waals surface area contributed by atoms with Gasteiger partial charge in [-0.05, 0) is 38.3 Å². The largest absolute Gasteiger partial charge is 0.466 e. The van der Waals surface area contributed by atoms with Crippen molar-refractivity contribution in [1.82, 2.24) is 0 Å². The molecule has 0 aromatic carbocycles. The van der Waals surface area contributed by atoms with Crippen LogP contribution in [0.4, 0.5) is 0 Å². The van der Waals surface area contributed by atoms with Crippen LogP contribution in [0.3, 0.4) is 0 Å². The lowest BCUT2D eigenvalue weighted by Crippen LogP contribution is -1.99. The number of hydrogen-bond acceptors (Lipinski definition) is 2. The lowest BCUT2D eigenvalue weighted by molar-refractivity contribution is -0.141. The zero-order valence-corrected chi connectivity index (χ0v) is 11.8. The molecule has 0 amide bonds. The maximum Gasteiger partial charge on any atom is 0.302 e. The minimum atomic E-state index is -0.208. The Hall–Kier alpha value is -2.01. The van der Waals surface area contributed by atoms with Gasteiger partial charge in [0.15, 0.2) is 0 Å². The summed E-state index contributed by atoms with van der Waals surface area (Å²) in [6.07, 6.45) is 18.3. The fraction of sp³-hybridized carbons (Fsp3) is 0.353. The van der Waals surface area contributed by atoms with Crippen LogP contribution in [-0.2, 0) is 9.53 Å². The van der Waals surface area contributed by atoms with Crippen molar-refractivity contribution >= 4 is 5.97 Å². The van der Waals surface area contributed by atoms with Crippen LogP contribution in [0.15, 0.2) is 48.6 Å². The summed E-state index contributed by atoms with van der Waals surface area (Å²) in [5.74, 6) is 5.60. The van der Waals surface area contributed by atoms with Gasteiger partial charge in [0.25, 0.3) is 0 Å². The molecule has 0 unspecified atom stereocenters. The first-order chi connectivity index (χ1) is 9.27. The van der Waals surface area contributed by atoms with Crippen molar-refractivity contribution in [2.45, 2.75) is 33.1 Å². The highest BCUT2D eigenvalue weighted by atomic mass is 16.5. The number of carbonyl (C=O) groups is 1. The Balaban J connectivity index is 3.54. The second-order valence-corrected chi connectivity index (χ2v) is 3.80. The average molecular weight is 258 g/mol. The van der Waals surface area contributed by atoms with Gasteiger partial charge in [0.05, 0.1) is 6.61 Å². The van der Waals surface area contributed by atoms with Crippen LogP contribution in [0.25, 0.3) is 0 Å². The van der Waals surface area contributed by atoms with E-state index in [1.807, 2.05) is 49.5 Å². The number of ether oxygens (including phenoxy) is 1. The highest BCUT2D eigenvalue weighted by molar-refractivity contribution is 5.65. The molecule has 0 atom stereocenters. The summed E-state index contributed by atoms with van der Waals surface area (Å²) in [6, 6.07) is 0. The first-order valence-electron chi connectivity index (χ1n) is 6.51. The summed E-state index contributed by atoms with van der Waals surface area (Å²) in [6.45, 7) is 3.91. The first-order valence-corrected chi connectivity index (χ1v) is 6.51. The van der Waals surface area contributed by atoms with E-state index in [4.69, 9.17) is 4.74 Å². The van der Waals surface area contributed by atoms with Gasteiger partial charge in [0.2, 0.25) is 0 Å². The Bertz CT molecular complexity index is 401. The topological polar surface area (TPSA) is 26.3 Å². The molecule has 0 aromatic rings. The molecule has 0 bridgehead atoms. The predicted molar refractivity (Wildman–Crippen MR) is 80.5 cm³/mol. The van der Waals surface area contributed by atoms with E-state index in [0.29, 0.717) is 6.61 Å². The minimum absolute atomic E-state index is 0.208. The lowest BCUT2D eigenvalue weighted by Gasteiger charge is -1.98. The number of esters is 1. The van der Waals surface area contributed by atoms with Gasteiger partial charge in [-0.15, -0.1) is 0 Å². The Labute approximate surface area is 116 Å². The number of allylic oxidation sites excluding steroid dienone is 8. The Morgan fingerprint density at radius 3 is 2.37 bits per heavy atom. The van der Waals surface area contributed by atoms with Crippen LogP contribution in [-0.4, -0.2) is 12.6 Å². The van der Waals surface area contributed by atoms with E-state index in [9.17, 15) is 4.79 Å². The van der Waals surface area contributed by atoms with E-state index in [-0.39, 0.29) is 5.97 Å². The summed E-state index contributed by atoms with van der Waals surface area (Å²) < 4.78 is 4.84. The van der Waals surface area contributed by atoms with Crippen molar-refractivity contribution in [2.75, 3.05) is 6.61 Å². The van der Waals surface area contributed by atoms with Crippen molar-refractivity contribution in [3.63, 3.8) is 0 Å². The summed E-state index contributed by atoms with van der Waals surface area (Å²) in [5, 5.41) is 0. The van der Waals surface area contributed by atoms with Gasteiger partial charge in [-0.25, -0.2) is 0 Å². The van der Waals surface area contributed by atoms with E-state index in [2.05, 4.69) is 17.9 Å². The molecule has 0 rings (SSSR count). The van der Waals surface area contributed by atoms with Gasteiger partial charge in [-0.1, -0.05) is 48.3 Å². The zero-order chi connectivity index (χ0) is 14.2. The molecule has 19 heavy (non-hydrogen) atoms. The Morgan fingerprint density at radius 1 is 1.05 bits per heavy atom. The number of hydrogen-bond donors (Lipinski definition) is 0. The van der Waals surface area contributed by atoms with E-state index in [1.165, 1.54) is 6.92 Å². The van der Waals surface area contributed by atoms with Crippen molar-refractivity contribution in [1.29, 1.82) is 0 Å². The third kappa shape index (κ3) is 16.0. The van der Waals surface area contributed by atoms with Gasteiger partial charge in [0.1, 0.15) is 0 Å². The molecular weight excluding hydrogens is 236 g/mol. The molecule has 2 nitrogen and oxygen atoms in total. The second-order valence-electron chi connectivity index (χ2n) is 3.80. The third-order valence-corrected chi connectivity index (χ3v) is 2.06. The zero-order valence-electron chi connectivity index (χ0n) is 11.8. The maximum absolute atomic E-state index is 10.5. The normalized spacial score (nSPS) is 11.5. The molecule has 0 spiro atoms. The van der Waals surface area contributed by atoms with Crippen molar-refractivity contribution < 1.29 is 9.53 Å². The fourth-order valence-corrected chi connectivity index (χ4v) is 1.17. The molecule has 0 N–H and O–H groups in total. The standard InChI is InChI=1S/C17H22O2/c1-3-4-5-6-7-8-9-10-11-12-13-14-15-16-19-17(2)18/h3-6,9-12H,13-16H2,1-2H3/b4-3+,6-5+,10-9+,12-11+. The molecule has 2 heteroatoms. The molecule has 0 saturated carbocycles. The molecule has 102 valence electrons. The molecule has 0 aromatic heterocycles. The average Bonchev–Trinajstić information content (AvgIpc) is 2.39. The Morgan fingerprint density at radius 2 is 1.74 bits per heavy atom.